The summed E-state index contributed by atoms with van der Waals surface area (Å²) in [5.74, 6) is 0. The van der Waals surface area contributed by atoms with Crippen molar-refractivity contribution in [3.05, 3.63) is 15.0 Å². The number of hydrogen-bond donors (Lipinski definition) is 1. The van der Waals surface area contributed by atoms with Gasteiger partial charge in [0.2, 0.25) is 0 Å². The molecule has 0 aliphatic carbocycles. The van der Waals surface area contributed by atoms with E-state index in [-0.39, 0.29) is 0 Å². The van der Waals surface area contributed by atoms with Crippen LogP contribution in [0.25, 0.3) is 0 Å². The Kier molecular flexibility index (Phi) is 1.75. The van der Waals surface area contributed by atoms with E-state index < -0.39 is 5.60 Å². The monoisotopic (exact) mass is 235 g/mol. The first kappa shape index (κ1) is 7.67. The van der Waals surface area contributed by atoms with Crippen LogP contribution in [0.5, 0.6) is 0 Å². The van der Waals surface area contributed by atoms with Gasteiger partial charge in [0, 0.05) is 0 Å². The van der Waals surface area contributed by atoms with Crippen LogP contribution in [-0.4, -0.2) is 23.3 Å². The van der Waals surface area contributed by atoms with Crippen LogP contribution in [0.4, 0.5) is 0 Å². The highest BCUT2D eigenvalue weighted by molar-refractivity contribution is 9.11. The highest BCUT2D eigenvalue weighted by Crippen LogP contribution is 2.33. The summed E-state index contributed by atoms with van der Waals surface area (Å²) >= 11 is 4.73. The van der Waals surface area contributed by atoms with Crippen LogP contribution in [-0.2, 0) is 10.3 Å². The number of rotatable bonds is 1. The predicted molar refractivity (Wildman–Crippen MR) is 44.5 cm³/mol. The van der Waals surface area contributed by atoms with Gasteiger partial charge in [0.1, 0.15) is 5.01 Å². The Morgan fingerprint density at radius 2 is 2.45 bits per heavy atom. The van der Waals surface area contributed by atoms with Crippen LogP contribution in [0, 0.1) is 0 Å². The minimum atomic E-state index is -0.809. The van der Waals surface area contributed by atoms with Gasteiger partial charge in [-0.2, -0.15) is 0 Å². The van der Waals surface area contributed by atoms with Gasteiger partial charge in [-0.25, -0.2) is 4.98 Å². The maximum absolute atomic E-state index is 9.70. The molecule has 0 unspecified atom stereocenters. The molecular formula is C6H6BrNO2S. The summed E-state index contributed by atoms with van der Waals surface area (Å²) in [5, 5.41) is 10.4. The molecule has 2 heterocycles. The molecule has 1 aromatic rings. The normalized spacial score (nSPS) is 21.3. The van der Waals surface area contributed by atoms with E-state index in [9.17, 15) is 5.11 Å². The summed E-state index contributed by atoms with van der Waals surface area (Å²) in [4.78, 5) is 4.05. The van der Waals surface area contributed by atoms with Gasteiger partial charge in [0.25, 0.3) is 0 Å². The van der Waals surface area contributed by atoms with E-state index >= 15 is 0 Å². The average molecular weight is 236 g/mol. The summed E-state index contributed by atoms with van der Waals surface area (Å²) in [6, 6.07) is 0. The van der Waals surface area contributed by atoms with Crippen molar-refractivity contribution in [1.29, 1.82) is 0 Å². The first-order valence-electron chi connectivity index (χ1n) is 3.13. The number of hydrogen-bond acceptors (Lipinski definition) is 4. The summed E-state index contributed by atoms with van der Waals surface area (Å²) in [6.07, 6.45) is 1.69. The molecule has 0 atom stereocenters. The standard InChI is InChI=1S/C6H6BrNO2S/c7-4-1-8-5(11-4)6(9)2-10-3-6/h1,9H,2-3H2. The van der Waals surface area contributed by atoms with Crippen LogP contribution in [0.2, 0.25) is 0 Å². The minimum absolute atomic E-state index is 0.368. The second-order valence-corrected chi connectivity index (χ2v) is 4.90. The molecule has 0 aromatic carbocycles. The fourth-order valence-corrected chi connectivity index (χ4v) is 2.15. The third-order valence-corrected chi connectivity index (χ3v) is 3.23. The van der Waals surface area contributed by atoms with Gasteiger partial charge in [-0.1, -0.05) is 0 Å². The second kappa shape index (κ2) is 2.52. The Balaban J connectivity index is 2.28. The molecule has 2 rings (SSSR count). The van der Waals surface area contributed by atoms with Gasteiger partial charge in [-0.15, -0.1) is 11.3 Å². The molecule has 11 heavy (non-hydrogen) atoms. The second-order valence-electron chi connectivity index (χ2n) is 2.49. The van der Waals surface area contributed by atoms with Gasteiger partial charge in [0.05, 0.1) is 23.2 Å². The lowest BCUT2D eigenvalue weighted by molar-refractivity contribution is -0.184. The Morgan fingerprint density at radius 3 is 2.82 bits per heavy atom. The van der Waals surface area contributed by atoms with Gasteiger partial charge in [0.15, 0.2) is 5.60 Å². The van der Waals surface area contributed by atoms with E-state index in [1.807, 2.05) is 0 Å². The SMILES string of the molecule is OC1(c2ncc(Br)s2)COC1. The van der Waals surface area contributed by atoms with Gasteiger partial charge < -0.3 is 9.84 Å². The maximum Gasteiger partial charge on any atom is 0.162 e. The number of nitrogens with zero attached hydrogens (tertiary/aromatic N) is 1. The van der Waals surface area contributed by atoms with Gasteiger partial charge in [-0.05, 0) is 15.9 Å². The van der Waals surface area contributed by atoms with Crippen molar-refractivity contribution in [3.8, 4) is 0 Å². The largest absolute Gasteiger partial charge is 0.378 e. The number of thiazole rings is 1. The Bertz CT molecular complexity index is 271. The van der Waals surface area contributed by atoms with E-state index in [0.29, 0.717) is 13.2 Å². The van der Waals surface area contributed by atoms with Crippen LogP contribution in [0.3, 0.4) is 0 Å². The summed E-state index contributed by atoms with van der Waals surface area (Å²) in [5.41, 5.74) is -0.809. The van der Waals surface area contributed by atoms with E-state index in [0.717, 1.165) is 8.79 Å². The molecule has 60 valence electrons. The molecule has 1 N–H and O–H groups in total. The van der Waals surface area contributed by atoms with E-state index in [4.69, 9.17) is 4.74 Å². The van der Waals surface area contributed by atoms with Crippen LogP contribution in [0.1, 0.15) is 5.01 Å². The zero-order valence-corrected chi connectivity index (χ0v) is 7.98. The molecule has 1 fully saturated rings. The first-order chi connectivity index (χ1) is 5.21. The smallest absolute Gasteiger partial charge is 0.162 e. The molecule has 1 aliphatic heterocycles. The number of ether oxygens (including phenoxy) is 1. The van der Waals surface area contributed by atoms with Crippen LogP contribution < -0.4 is 0 Å². The molecule has 0 radical (unpaired) electrons. The number of halogens is 1. The van der Waals surface area contributed by atoms with Gasteiger partial charge in [-0.3, -0.25) is 0 Å². The number of aromatic nitrogens is 1. The van der Waals surface area contributed by atoms with E-state index in [1.165, 1.54) is 11.3 Å². The van der Waals surface area contributed by atoms with Gasteiger partial charge >= 0.3 is 0 Å². The molecule has 1 saturated heterocycles. The van der Waals surface area contributed by atoms with Crippen molar-refractivity contribution in [2.45, 2.75) is 5.60 Å². The molecule has 1 aliphatic rings. The van der Waals surface area contributed by atoms with Crippen molar-refractivity contribution >= 4 is 27.3 Å². The molecule has 0 amide bonds. The molecule has 0 saturated carbocycles. The van der Waals surface area contributed by atoms with E-state index in [1.54, 1.807) is 6.20 Å². The summed E-state index contributed by atoms with van der Waals surface area (Å²) in [7, 11) is 0. The zero-order valence-electron chi connectivity index (χ0n) is 5.58. The Labute approximate surface area is 76.2 Å². The molecule has 1 aromatic heterocycles. The molecule has 3 nitrogen and oxygen atoms in total. The van der Waals surface area contributed by atoms with Crippen molar-refractivity contribution in [2.24, 2.45) is 0 Å². The van der Waals surface area contributed by atoms with Crippen LogP contribution >= 0.6 is 27.3 Å². The topological polar surface area (TPSA) is 42.4 Å². The third kappa shape index (κ3) is 1.22. The maximum atomic E-state index is 9.70. The fourth-order valence-electron chi connectivity index (χ4n) is 0.888. The lowest BCUT2D eigenvalue weighted by Crippen LogP contribution is -2.46. The number of aliphatic hydroxyl groups is 1. The Hall–Kier alpha value is 0.0300. The highest BCUT2D eigenvalue weighted by atomic mass is 79.9. The van der Waals surface area contributed by atoms with Crippen LogP contribution in [0.15, 0.2) is 9.98 Å². The predicted octanol–water partition coefficient (Wildman–Crippen LogP) is 1.12. The van der Waals surface area contributed by atoms with E-state index in [2.05, 4.69) is 20.9 Å². The first-order valence-corrected chi connectivity index (χ1v) is 4.74. The highest BCUT2D eigenvalue weighted by Gasteiger charge is 2.40. The lowest BCUT2D eigenvalue weighted by Gasteiger charge is -2.34. The third-order valence-electron chi connectivity index (χ3n) is 1.56. The average Bonchev–Trinajstić information content (AvgIpc) is 2.31. The van der Waals surface area contributed by atoms with Crippen molar-refractivity contribution in [1.82, 2.24) is 4.98 Å². The molecule has 0 spiro atoms. The van der Waals surface area contributed by atoms with Crippen molar-refractivity contribution in [2.75, 3.05) is 13.2 Å². The molecular weight excluding hydrogens is 230 g/mol. The molecule has 5 heteroatoms. The zero-order chi connectivity index (χ0) is 7.90. The Morgan fingerprint density at radius 1 is 1.73 bits per heavy atom. The molecule has 0 bridgehead atoms. The minimum Gasteiger partial charge on any atom is -0.378 e. The van der Waals surface area contributed by atoms with Crippen molar-refractivity contribution < 1.29 is 9.84 Å². The summed E-state index contributed by atoms with van der Waals surface area (Å²) < 4.78 is 5.84. The lowest BCUT2D eigenvalue weighted by atomic mass is 10.0. The summed E-state index contributed by atoms with van der Waals surface area (Å²) in [6.45, 7) is 0.736. The fraction of sp³-hybridized carbons (Fsp3) is 0.500. The van der Waals surface area contributed by atoms with Crippen molar-refractivity contribution in [3.63, 3.8) is 0 Å². The quantitative estimate of drug-likeness (QED) is 0.794.